The van der Waals surface area contributed by atoms with Gasteiger partial charge in [-0.1, -0.05) is 46.9 Å². The number of anilines is 1. The summed E-state index contributed by atoms with van der Waals surface area (Å²) < 4.78 is -0.913. The minimum Gasteiger partial charge on any atom is -0.339 e. The molecule has 0 saturated carbocycles. The number of nitrogens with zero attached hydrogens (tertiary/aromatic N) is 1. The van der Waals surface area contributed by atoms with Crippen LogP contribution in [0.25, 0.3) is 0 Å². The summed E-state index contributed by atoms with van der Waals surface area (Å²) in [5.74, 6) is 0.120. The second-order valence-electron chi connectivity index (χ2n) is 4.77. The van der Waals surface area contributed by atoms with E-state index in [2.05, 4.69) is 43.5 Å². The van der Waals surface area contributed by atoms with Crippen LogP contribution in [0.3, 0.4) is 0 Å². The molecule has 0 spiro atoms. The van der Waals surface area contributed by atoms with Gasteiger partial charge >= 0.3 is 0 Å². The van der Waals surface area contributed by atoms with Crippen LogP contribution in [0, 0.1) is 3.57 Å². The monoisotopic (exact) mass is 528 g/mol. The molecule has 1 amide bonds. The van der Waals surface area contributed by atoms with Gasteiger partial charge in [0, 0.05) is 15.3 Å². The number of hydrogen-bond acceptors (Lipinski definition) is 3. The Balaban J connectivity index is 2.06. The summed E-state index contributed by atoms with van der Waals surface area (Å²) in [6.07, 6.45) is 0.558. The molecule has 1 unspecified atom stereocenters. The van der Waals surface area contributed by atoms with E-state index in [0.29, 0.717) is 11.4 Å². The van der Waals surface area contributed by atoms with Crippen molar-refractivity contribution in [3.63, 3.8) is 0 Å². The molecule has 0 radical (unpaired) electrons. The van der Waals surface area contributed by atoms with Gasteiger partial charge in [0.15, 0.2) is 5.11 Å². The van der Waals surface area contributed by atoms with E-state index in [9.17, 15) is 4.79 Å². The molecule has 1 aromatic heterocycles. The summed E-state index contributed by atoms with van der Waals surface area (Å²) >= 11 is 25.2. The van der Waals surface area contributed by atoms with Crippen LogP contribution in [-0.4, -0.2) is 26.0 Å². The summed E-state index contributed by atoms with van der Waals surface area (Å²) in [6, 6.07) is 12.3. The van der Waals surface area contributed by atoms with Gasteiger partial charge in [-0.05, 0) is 65.1 Å². The van der Waals surface area contributed by atoms with Gasteiger partial charge in [0.05, 0.1) is 0 Å². The van der Waals surface area contributed by atoms with Crippen molar-refractivity contribution in [1.82, 2.24) is 15.6 Å². The normalized spacial score (nSPS) is 12.2. The first-order valence-electron chi connectivity index (χ1n) is 6.87. The van der Waals surface area contributed by atoms with Crippen LogP contribution >= 0.6 is 69.6 Å². The fourth-order valence-corrected chi connectivity index (χ4v) is 2.86. The lowest BCUT2D eigenvalue weighted by Gasteiger charge is -2.27. The molecule has 0 aliphatic rings. The number of benzene rings is 1. The molecule has 25 heavy (non-hydrogen) atoms. The standard InChI is InChI=1S/C15H12Cl3IN4OS/c16-15(17,18)13(22-12(24)9-4-3-5-10(19)8-9)23-14(25)21-11-6-1-2-7-20-11/h1-8,13H,(H,22,24)(H2,20,21,23,25). The van der Waals surface area contributed by atoms with Crippen molar-refractivity contribution in [2.45, 2.75) is 9.96 Å². The minimum atomic E-state index is -1.83. The molecular weight excluding hydrogens is 518 g/mol. The van der Waals surface area contributed by atoms with E-state index < -0.39 is 15.9 Å². The number of halogens is 4. The fraction of sp³-hybridized carbons (Fsp3) is 0.133. The van der Waals surface area contributed by atoms with Gasteiger partial charge in [-0.2, -0.15) is 0 Å². The van der Waals surface area contributed by atoms with Crippen molar-refractivity contribution in [3.8, 4) is 0 Å². The first kappa shape index (κ1) is 20.4. The van der Waals surface area contributed by atoms with Crippen LogP contribution in [0.2, 0.25) is 0 Å². The third kappa shape index (κ3) is 6.74. The van der Waals surface area contributed by atoms with Gasteiger partial charge in [-0.15, -0.1) is 0 Å². The largest absolute Gasteiger partial charge is 0.339 e. The average molecular weight is 530 g/mol. The van der Waals surface area contributed by atoms with Gasteiger partial charge < -0.3 is 16.0 Å². The van der Waals surface area contributed by atoms with Gasteiger partial charge in [-0.25, -0.2) is 4.98 Å². The van der Waals surface area contributed by atoms with E-state index in [1.165, 1.54) is 0 Å². The maximum Gasteiger partial charge on any atom is 0.253 e. The molecule has 0 bridgehead atoms. The van der Waals surface area contributed by atoms with Crippen LogP contribution in [-0.2, 0) is 0 Å². The van der Waals surface area contributed by atoms with Gasteiger partial charge in [-0.3, -0.25) is 4.79 Å². The Bertz CT molecular complexity index is 758. The molecular formula is C15H12Cl3IN4OS. The molecule has 0 fully saturated rings. The molecule has 0 saturated heterocycles. The molecule has 132 valence electrons. The minimum absolute atomic E-state index is 0.151. The van der Waals surface area contributed by atoms with E-state index >= 15 is 0 Å². The molecule has 5 nitrogen and oxygen atoms in total. The maximum absolute atomic E-state index is 12.4. The second kappa shape index (κ2) is 9.18. The van der Waals surface area contributed by atoms with Crippen molar-refractivity contribution in [2.24, 2.45) is 0 Å². The molecule has 0 aliphatic heterocycles. The Labute approximate surface area is 179 Å². The lowest BCUT2D eigenvalue weighted by molar-refractivity contribution is 0.0934. The van der Waals surface area contributed by atoms with Crippen LogP contribution in [0.5, 0.6) is 0 Å². The quantitative estimate of drug-likeness (QED) is 0.241. The highest BCUT2D eigenvalue weighted by Crippen LogP contribution is 2.29. The highest BCUT2D eigenvalue weighted by atomic mass is 127. The maximum atomic E-state index is 12.4. The Kier molecular flexibility index (Phi) is 7.51. The summed E-state index contributed by atoms with van der Waals surface area (Å²) in [7, 11) is 0. The Morgan fingerprint density at radius 2 is 1.92 bits per heavy atom. The number of carbonyl (C=O) groups is 1. The highest BCUT2D eigenvalue weighted by Gasteiger charge is 2.35. The zero-order chi connectivity index (χ0) is 18.4. The molecule has 1 heterocycles. The Morgan fingerprint density at radius 3 is 2.52 bits per heavy atom. The molecule has 2 aromatic rings. The number of nitrogens with one attached hydrogen (secondary N) is 3. The smallest absolute Gasteiger partial charge is 0.253 e. The third-order valence-corrected chi connectivity index (χ3v) is 4.42. The number of hydrogen-bond donors (Lipinski definition) is 3. The topological polar surface area (TPSA) is 66.1 Å². The zero-order valence-corrected chi connectivity index (χ0v) is 17.7. The van der Waals surface area contributed by atoms with Crippen molar-refractivity contribution in [3.05, 3.63) is 57.8 Å². The third-order valence-electron chi connectivity index (χ3n) is 2.87. The molecule has 10 heteroatoms. The summed E-state index contributed by atoms with van der Waals surface area (Å²) in [4.78, 5) is 16.5. The zero-order valence-electron chi connectivity index (χ0n) is 12.5. The molecule has 1 aromatic carbocycles. The first-order valence-corrected chi connectivity index (χ1v) is 9.49. The van der Waals surface area contributed by atoms with Crippen LogP contribution in [0.1, 0.15) is 10.4 Å². The lowest BCUT2D eigenvalue weighted by Crippen LogP contribution is -2.56. The van der Waals surface area contributed by atoms with Crippen molar-refractivity contribution in [2.75, 3.05) is 5.32 Å². The number of carbonyl (C=O) groups excluding carboxylic acids is 1. The molecule has 1 atom stereocenters. The summed E-state index contributed by atoms with van der Waals surface area (Å²) in [5, 5.41) is 8.39. The molecule has 2 rings (SSSR count). The molecule has 3 N–H and O–H groups in total. The number of thiocarbonyl (C=S) groups is 1. The van der Waals surface area contributed by atoms with E-state index in [0.717, 1.165) is 3.57 Å². The number of alkyl halides is 3. The van der Waals surface area contributed by atoms with Gasteiger partial charge in [0.1, 0.15) is 12.0 Å². The predicted molar refractivity (Wildman–Crippen MR) is 114 cm³/mol. The SMILES string of the molecule is O=C(NC(NC(=S)Nc1ccccn1)C(Cl)(Cl)Cl)c1cccc(I)c1. The lowest BCUT2D eigenvalue weighted by atomic mass is 10.2. The van der Waals surface area contributed by atoms with Crippen molar-refractivity contribution < 1.29 is 4.79 Å². The molecule has 0 aliphatic carbocycles. The van der Waals surface area contributed by atoms with Gasteiger partial charge in [0.2, 0.25) is 3.79 Å². The van der Waals surface area contributed by atoms with Gasteiger partial charge in [0.25, 0.3) is 5.91 Å². The predicted octanol–water partition coefficient (Wildman–Crippen LogP) is 4.10. The fourth-order valence-electron chi connectivity index (χ4n) is 1.76. The summed E-state index contributed by atoms with van der Waals surface area (Å²) in [5.41, 5.74) is 0.441. The van der Waals surface area contributed by atoms with Crippen LogP contribution in [0.15, 0.2) is 48.7 Å². The van der Waals surface area contributed by atoms with E-state index in [-0.39, 0.29) is 5.11 Å². The number of amides is 1. The highest BCUT2D eigenvalue weighted by molar-refractivity contribution is 14.1. The number of aromatic nitrogens is 1. The van der Waals surface area contributed by atoms with Crippen LogP contribution in [0.4, 0.5) is 5.82 Å². The van der Waals surface area contributed by atoms with E-state index in [4.69, 9.17) is 47.0 Å². The number of rotatable bonds is 4. The Morgan fingerprint density at radius 1 is 1.16 bits per heavy atom. The summed E-state index contributed by atoms with van der Waals surface area (Å²) in [6.45, 7) is 0. The first-order chi connectivity index (χ1) is 11.8. The average Bonchev–Trinajstić information content (AvgIpc) is 2.54. The van der Waals surface area contributed by atoms with Crippen LogP contribution < -0.4 is 16.0 Å². The Hall–Kier alpha value is -0.870. The van der Waals surface area contributed by atoms with Crippen molar-refractivity contribution >= 4 is 86.4 Å². The number of pyridine rings is 1. The second-order valence-corrected chi connectivity index (χ2v) is 8.79. The van der Waals surface area contributed by atoms with Crippen molar-refractivity contribution in [1.29, 1.82) is 0 Å². The van der Waals surface area contributed by atoms with E-state index in [1.54, 1.807) is 42.6 Å². The van der Waals surface area contributed by atoms with E-state index in [1.807, 2.05) is 6.07 Å².